The van der Waals surface area contributed by atoms with Crippen LogP contribution < -0.4 is 10.1 Å². The molecule has 0 saturated carbocycles. The first-order valence-electron chi connectivity index (χ1n) is 6.76. The van der Waals surface area contributed by atoms with Crippen molar-refractivity contribution in [2.75, 3.05) is 20.2 Å². The van der Waals surface area contributed by atoms with Gasteiger partial charge in [0.05, 0.1) is 19.3 Å². The molecule has 110 valence electrons. The van der Waals surface area contributed by atoms with Gasteiger partial charge in [0.15, 0.2) is 0 Å². The molecule has 1 fully saturated rings. The number of morpholine rings is 1. The van der Waals surface area contributed by atoms with Crippen molar-refractivity contribution in [1.29, 1.82) is 0 Å². The number of hydrogen-bond acceptors (Lipinski definition) is 4. The molecule has 0 bridgehead atoms. The molecule has 2 rings (SSSR count). The van der Waals surface area contributed by atoms with Gasteiger partial charge in [0, 0.05) is 31.4 Å². The van der Waals surface area contributed by atoms with Gasteiger partial charge in [-0.05, 0) is 19.9 Å². The predicted octanol–water partition coefficient (Wildman–Crippen LogP) is 1.41. The molecule has 2 heterocycles. The van der Waals surface area contributed by atoms with Crippen molar-refractivity contribution in [3.63, 3.8) is 0 Å². The van der Waals surface area contributed by atoms with Gasteiger partial charge in [-0.25, -0.2) is 9.78 Å². The minimum Gasteiger partial charge on any atom is -0.481 e. The molecule has 2 unspecified atom stereocenters. The van der Waals surface area contributed by atoms with Gasteiger partial charge in [-0.2, -0.15) is 0 Å². The summed E-state index contributed by atoms with van der Waals surface area (Å²) in [5.74, 6) is 0.538. The van der Waals surface area contributed by atoms with Crippen LogP contribution in [0.2, 0.25) is 0 Å². The molecule has 1 aromatic heterocycles. The number of rotatable bonds is 3. The van der Waals surface area contributed by atoms with Gasteiger partial charge in [0.1, 0.15) is 0 Å². The van der Waals surface area contributed by atoms with Crippen LogP contribution >= 0.6 is 0 Å². The van der Waals surface area contributed by atoms with Crippen LogP contribution in [-0.4, -0.2) is 48.3 Å². The molecule has 2 amide bonds. The number of carbonyl (C=O) groups is 1. The number of nitrogens with zero attached hydrogens (tertiary/aromatic N) is 2. The lowest BCUT2D eigenvalue weighted by Gasteiger charge is -2.35. The van der Waals surface area contributed by atoms with Gasteiger partial charge in [-0.1, -0.05) is 6.07 Å². The van der Waals surface area contributed by atoms with Crippen LogP contribution in [0, 0.1) is 0 Å². The lowest BCUT2D eigenvalue weighted by atomic mass is 10.2. The van der Waals surface area contributed by atoms with E-state index in [2.05, 4.69) is 10.3 Å². The number of carbonyl (C=O) groups excluding carboxylic acids is 1. The highest BCUT2D eigenvalue weighted by Gasteiger charge is 2.25. The molecule has 0 radical (unpaired) electrons. The number of hydrogen-bond donors (Lipinski definition) is 1. The monoisotopic (exact) mass is 279 g/mol. The van der Waals surface area contributed by atoms with E-state index in [-0.39, 0.29) is 18.2 Å². The summed E-state index contributed by atoms with van der Waals surface area (Å²) in [5.41, 5.74) is 0.859. The maximum absolute atomic E-state index is 12.2. The second-order valence-corrected chi connectivity index (χ2v) is 4.99. The van der Waals surface area contributed by atoms with Gasteiger partial charge >= 0.3 is 6.03 Å². The normalized spacial score (nSPS) is 22.4. The molecule has 20 heavy (non-hydrogen) atoms. The zero-order valence-electron chi connectivity index (χ0n) is 12.1. The molecule has 1 aliphatic rings. The van der Waals surface area contributed by atoms with Gasteiger partial charge in [0.2, 0.25) is 5.88 Å². The number of aromatic nitrogens is 1. The fourth-order valence-electron chi connectivity index (χ4n) is 2.37. The van der Waals surface area contributed by atoms with Crippen molar-refractivity contribution in [3.8, 4) is 5.88 Å². The molecular weight excluding hydrogens is 258 g/mol. The van der Waals surface area contributed by atoms with E-state index in [1.54, 1.807) is 18.2 Å². The predicted molar refractivity (Wildman–Crippen MR) is 74.6 cm³/mol. The maximum atomic E-state index is 12.2. The number of urea groups is 1. The third-order valence-electron chi connectivity index (χ3n) is 3.18. The van der Waals surface area contributed by atoms with Crippen molar-refractivity contribution < 1.29 is 14.3 Å². The Morgan fingerprint density at radius 1 is 1.50 bits per heavy atom. The summed E-state index contributed by atoms with van der Waals surface area (Å²) in [6.45, 7) is 5.57. The quantitative estimate of drug-likeness (QED) is 0.908. The number of pyridine rings is 1. The zero-order chi connectivity index (χ0) is 14.5. The summed E-state index contributed by atoms with van der Waals surface area (Å²) >= 11 is 0. The van der Waals surface area contributed by atoms with Gasteiger partial charge in [-0.15, -0.1) is 0 Å². The fraction of sp³-hybridized carbons (Fsp3) is 0.571. The Balaban J connectivity index is 1.91. The minimum absolute atomic E-state index is 0.0671. The summed E-state index contributed by atoms with van der Waals surface area (Å²) in [5, 5.41) is 2.90. The van der Waals surface area contributed by atoms with Crippen molar-refractivity contribution in [2.24, 2.45) is 0 Å². The largest absolute Gasteiger partial charge is 0.481 e. The summed E-state index contributed by atoms with van der Waals surface area (Å²) < 4.78 is 10.8. The van der Waals surface area contributed by atoms with E-state index in [0.717, 1.165) is 5.56 Å². The third-order valence-corrected chi connectivity index (χ3v) is 3.18. The van der Waals surface area contributed by atoms with Gasteiger partial charge < -0.3 is 19.7 Å². The first-order valence-corrected chi connectivity index (χ1v) is 6.76. The Bertz CT molecular complexity index is 457. The topological polar surface area (TPSA) is 63.7 Å². The molecule has 1 N–H and O–H groups in total. The molecular formula is C14H21N3O3. The number of nitrogens with one attached hydrogen (secondary N) is 1. The first-order chi connectivity index (χ1) is 9.60. The highest BCUT2D eigenvalue weighted by molar-refractivity contribution is 5.74. The number of ether oxygens (including phenoxy) is 2. The van der Waals surface area contributed by atoms with E-state index in [9.17, 15) is 4.79 Å². The van der Waals surface area contributed by atoms with E-state index in [1.807, 2.05) is 26.0 Å². The van der Waals surface area contributed by atoms with Crippen molar-refractivity contribution in [1.82, 2.24) is 15.2 Å². The summed E-state index contributed by atoms with van der Waals surface area (Å²) in [6.07, 6.45) is 1.80. The SMILES string of the molecule is COc1ncccc1CNC(=O)N1CC(C)OC(C)C1. The van der Waals surface area contributed by atoms with Gasteiger partial charge in [0.25, 0.3) is 0 Å². The average Bonchev–Trinajstić information content (AvgIpc) is 2.44. The molecule has 1 aliphatic heterocycles. The maximum Gasteiger partial charge on any atom is 0.317 e. The van der Waals surface area contributed by atoms with Crippen molar-refractivity contribution in [2.45, 2.75) is 32.6 Å². The van der Waals surface area contributed by atoms with Crippen LogP contribution in [0.3, 0.4) is 0 Å². The highest BCUT2D eigenvalue weighted by atomic mass is 16.5. The van der Waals surface area contributed by atoms with E-state index >= 15 is 0 Å². The third kappa shape index (κ3) is 3.60. The van der Waals surface area contributed by atoms with E-state index in [0.29, 0.717) is 25.5 Å². The van der Waals surface area contributed by atoms with E-state index in [1.165, 1.54) is 0 Å². The minimum atomic E-state index is -0.0853. The summed E-state index contributed by atoms with van der Waals surface area (Å²) in [6, 6.07) is 3.62. The van der Waals surface area contributed by atoms with Crippen molar-refractivity contribution in [3.05, 3.63) is 23.9 Å². The van der Waals surface area contributed by atoms with Crippen molar-refractivity contribution >= 4 is 6.03 Å². The Hall–Kier alpha value is -1.82. The molecule has 0 aliphatic carbocycles. The molecule has 0 aromatic carbocycles. The highest BCUT2D eigenvalue weighted by Crippen LogP contribution is 2.14. The second kappa shape index (κ2) is 6.56. The number of methoxy groups -OCH3 is 1. The zero-order valence-corrected chi connectivity index (χ0v) is 12.1. The Kier molecular flexibility index (Phi) is 4.79. The van der Waals surface area contributed by atoms with Crippen LogP contribution in [0.25, 0.3) is 0 Å². The Morgan fingerprint density at radius 3 is 2.85 bits per heavy atom. The smallest absolute Gasteiger partial charge is 0.317 e. The van der Waals surface area contributed by atoms with Crippen LogP contribution in [0.4, 0.5) is 4.79 Å². The molecule has 2 atom stereocenters. The summed E-state index contributed by atoms with van der Waals surface area (Å²) in [4.78, 5) is 18.0. The van der Waals surface area contributed by atoms with Crippen LogP contribution in [0.1, 0.15) is 19.4 Å². The first kappa shape index (κ1) is 14.6. The molecule has 0 spiro atoms. The lowest BCUT2D eigenvalue weighted by Crippen LogP contribution is -2.51. The summed E-state index contributed by atoms with van der Waals surface area (Å²) in [7, 11) is 1.57. The van der Waals surface area contributed by atoms with Crippen LogP contribution in [-0.2, 0) is 11.3 Å². The van der Waals surface area contributed by atoms with E-state index in [4.69, 9.17) is 9.47 Å². The molecule has 1 aromatic rings. The fourth-order valence-corrected chi connectivity index (χ4v) is 2.37. The Labute approximate surface area is 119 Å². The van der Waals surface area contributed by atoms with Gasteiger partial charge in [-0.3, -0.25) is 0 Å². The average molecular weight is 279 g/mol. The number of amides is 2. The lowest BCUT2D eigenvalue weighted by molar-refractivity contribution is -0.0545. The molecule has 6 nitrogen and oxygen atoms in total. The molecule has 6 heteroatoms. The molecule has 1 saturated heterocycles. The van der Waals surface area contributed by atoms with Crippen LogP contribution in [0.15, 0.2) is 18.3 Å². The standard InChI is InChI=1S/C14H21N3O3/c1-10-8-17(9-11(2)20-10)14(18)16-7-12-5-4-6-15-13(12)19-3/h4-6,10-11H,7-9H2,1-3H3,(H,16,18). The van der Waals surface area contributed by atoms with Crippen LogP contribution in [0.5, 0.6) is 5.88 Å². The Morgan fingerprint density at radius 2 is 2.20 bits per heavy atom. The van der Waals surface area contributed by atoms with E-state index < -0.39 is 0 Å². The second-order valence-electron chi connectivity index (χ2n) is 4.99.